The van der Waals surface area contributed by atoms with E-state index in [1.54, 1.807) is 24.5 Å². The fourth-order valence-electron chi connectivity index (χ4n) is 4.50. The van der Waals surface area contributed by atoms with Crippen LogP contribution in [0.15, 0.2) is 54.9 Å². The maximum Gasteiger partial charge on any atom is 0.163 e. The van der Waals surface area contributed by atoms with Crippen LogP contribution in [-0.2, 0) is 6.61 Å². The highest BCUT2D eigenvalue weighted by atomic mass is 35.5. The van der Waals surface area contributed by atoms with Crippen LogP contribution >= 0.6 is 11.6 Å². The molecule has 4 aromatic rings. The van der Waals surface area contributed by atoms with Gasteiger partial charge in [-0.25, -0.2) is 4.98 Å². The normalized spacial score (nSPS) is 15.4. The second-order valence-electron chi connectivity index (χ2n) is 8.98. The van der Waals surface area contributed by atoms with Crippen LogP contribution in [0.4, 0.5) is 17.2 Å². The molecule has 0 saturated carbocycles. The van der Waals surface area contributed by atoms with Crippen LogP contribution in [0.25, 0.3) is 22.0 Å². The molecule has 9 heteroatoms. The molecule has 1 fully saturated rings. The summed E-state index contributed by atoms with van der Waals surface area (Å²) in [5, 5.41) is 23.9. The zero-order chi connectivity index (χ0) is 25.4. The third-order valence-electron chi connectivity index (χ3n) is 6.46. The van der Waals surface area contributed by atoms with Crippen LogP contribution in [0, 0.1) is 0 Å². The molecule has 1 aliphatic rings. The summed E-state index contributed by atoms with van der Waals surface area (Å²) in [6, 6.07) is 13.0. The van der Waals surface area contributed by atoms with Gasteiger partial charge in [0, 0.05) is 36.3 Å². The number of benzene rings is 2. The number of phenols is 1. The van der Waals surface area contributed by atoms with Gasteiger partial charge in [-0.05, 0) is 60.9 Å². The molecule has 8 nitrogen and oxygen atoms in total. The number of hydrogen-bond donors (Lipinski definition) is 4. The fraction of sp³-hybridized carbons (Fsp3) is 0.222. The van der Waals surface area contributed by atoms with E-state index < -0.39 is 0 Å². The summed E-state index contributed by atoms with van der Waals surface area (Å²) in [4.78, 5) is 23.7. The lowest BCUT2D eigenvalue weighted by Crippen LogP contribution is -2.26. The van der Waals surface area contributed by atoms with Crippen molar-refractivity contribution in [1.29, 1.82) is 0 Å². The summed E-state index contributed by atoms with van der Waals surface area (Å²) in [5.41, 5.74) is 10.4. The number of Topliss-reactive ketones (excluding diaryl/α,β-unsaturated/α-hetero) is 1. The van der Waals surface area contributed by atoms with Crippen molar-refractivity contribution in [1.82, 2.24) is 9.97 Å². The number of carbonyl (C=O) groups is 1. The number of anilines is 3. The first-order valence-electron chi connectivity index (χ1n) is 11.6. The number of nitrogens with two attached hydrogens (primary N) is 1. The molecule has 1 saturated heterocycles. The first-order chi connectivity index (χ1) is 17.3. The number of aromatic nitrogens is 2. The van der Waals surface area contributed by atoms with Gasteiger partial charge in [-0.3, -0.25) is 9.78 Å². The van der Waals surface area contributed by atoms with E-state index in [9.17, 15) is 15.0 Å². The van der Waals surface area contributed by atoms with Crippen molar-refractivity contribution in [3.05, 3.63) is 71.0 Å². The number of rotatable bonds is 6. The highest BCUT2D eigenvalue weighted by molar-refractivity contribution is 6.32. The topological polar surface area (TPSA) is 125 Å². The average Bonchev–Trinajstić information content (AvgIpc) is 3.32. The van der Waals surface area contributed by atoms with Crippen LogP contribution in [0.2, 0.25) is 5.02 Å². The molecule has 0 aliphatic carbocycles. The molecule has 3 heterocycles. The summed E-state index contributed by atoms with van der Waals surface area (Å²) in [7, 11) is 0. The number of aliphatic hydroxyl groups excluding tert-OH is 1. The molecule has 184 valence electrons. The molecule has 36 heavy (non-hydrogen) atoms. The molecule has 0 amide bonds. The first kappa shape index (κ1) is 24.0. The van der Waals surface area contributed by atoms with Crippen LogP contribution in [0.5, 0.6) is 5.75 Å². The number of aromatic hydroxyl groups is 1. The zero-order valence-corrected chi connectivity index (χ0v) is 20.5. The predicted molar refractivity (Wildman–Crippen MR) is 142 cm³/mol. The minimum Gasteiger partial charge on any atom is -0.506 e. The lowest BCUT2D eigenvalue weighted by Gasteiger charge is -2.18. The predicted octanol–water partition coefficient (Wildman–Crippen LogP) is 4.63. The number of fused-ring (bicyclic) bond motifs is 1. The van der Waals surface area contributed by atoms with Crippen LogP contribution < -0.4 is 16.0 Å². The molecule has 0 spiro atoms. The SMILES string of the molecule is CC(=O)c1cnc2ccc(-c3cc(Cl)c(O)c(CO)c3)cc2c1Nc1ccc(N2CCC(N)C2)nc1. The first-order valence-corrected chi connectivity index (χ1v) is 12.0. The van der Waals surface area contributed by atoms with Gasteiger partial charge in [-0.2, -0.15) is 0 Å². The van der Waals surface area contributed by atoms with Gasteiger partial charge in [0.15, 0.2) is 5.78 Å². The highest BCUT2D eigenvalue weighted by Gasteiger charge is 2.20. The van der Waals surface area contributed by atoms with Gasteiger partial charge in [-0.15, -0.1) is 0 Å². The van der Waals surface area contributed by atoms with Crippen LogP contribution in [0.3, 0.4) is 0 Å². The van der Waals surface area contributed by atoms with Crippen molar-refractivity contribution in [2.24, 2.45) is 5.73 Å². The molecule has 5 rings (SSSR count). The second-order valence-corrected chi connectivity index (χ2v) is 9.39. The van der Waals surface area contributed by atoms with Crippen LogP contribution in [-0.4, -0.2) is 45.1 Å². The number of ketones is 1. The fourth-order valence-corrected chi connectivity index (χ4v) is 4.74. The molecule has 1 atom stereocenters. The minimum absolute atomic E-state index is 0.122. The minimum atomic E-state index is -0.345. The van der Waals surface area contributed by atoms with Gasteiger partial charge in [0.25, 0.3) is 0 Å². The number of carbonyl (C=O) groups excluding carboxylic acids is 1. The Balaban J connectivity index is 1.56. The van der Waals surface area contributed by atoms with E-state index in [2.05, 4.69) is 20.2 Å². The number of halogens is 1. The molecule has 2 aromatic carbocycles. The lowest BCUT2D eigenvalue weighted by molar-refractivity contribution is 0.101. The average molecular weight is 504 g/mol. The Hall–Kier alpha value is -3.72. The van der Waals surface area contributed by atoms with Crippen molar-refractivity contribution in [3.8, 4) is 16.9 Å². The van der Waals surface area contributed by atoms with Crippen molar-refractivity contribution >= 4 is 45.5 Å². The number of pyridine rings is 2. The third kappa shape index (κ3) is 4.58. The molecule has 2 aromatic heterocycles. The van der Waals surface area contributed by atoms with Gasteiger partial charge < -0.3 is 26.2 Å². The van der Waals surface area contributed by atoms with Crippen LogP contribution in [0.1, 0.15) is 29.3 Å². The molecule has 5 N–H and O–H groups in total. The maximum atomic E-state index is 12.5. The molecular formula is C27H26ClN5O3. The molecule has 0 bridgehead atoms. The molecular weight excluding hydrogens is 478 g/mol. The largest absolute Gasteiger partial charge is 0.506 e. The summed E-state index contributed by atoms with van der Waals surface area (Å²) in [6.07, 6.45) is 4.26. The maximum absolute atomic E-state index is 12.5. The van der Waals surface area contributed by atoms with E-state index in [4.69, 9.17) is 17.3 Å². The smallest absolute Gasteiger partial charge is 0.163 e. The van der Waals surface area contributed by atoms with E-state index in [-0.39, 0.29) is 29.2 Å². The summed E-state index contributed by atoms with van der Waals surface area (Å²) < 4.78 is 0. The highest BCUT2D eigenvalue weighted by Crippen LogP contribution is 2.37. The van der Waals surface area contributed by atoms with Gasteiger partial charge in [0.1, 0.15) is 11.6 Å². The Labute approximate surface area is 213 Å². The van der Waals surface area contributed by atoms with Gasteiger partial charge >= 0.3 is 0 Å². The lowest BCUT2D eigenvalue weighted by atomic mass is 9.98. The van der Waals surface area contributed by atoms with E-state index >= 15 is 0 Å². The van der Waals surface area contributed by atoms with Gasteiger partial charge in [0.05, 0.1) is 40.3 Å². The second kappa shape index (κ2) is 9.73. The number of aliphatic hydroxyl groups is 1. The van der Waals surface area contributed by atoms with Gasteiger partial charge in [-0.1, -0.05) is 17.7 Å². The monoisotopic (exact) mass is 503 g/mol. The van der Waals surface area contributed by atoms with Crippen molar-refractivity contribution in [3.63, 3.8) is 0 Å². The Bertz CT molecular complexity index is 1460. The molecule has 0 radical (unpaired) electrons. The summed E-state index contributed by atoms with van der Waals surface area (Å²) in [6.45, 7) is 2.82. The number of hydrogen-bond acceptors (Lipinski definition) is 8. The van der Waals surface area contributed by atoms with Crippen molar-refractivity contribution in [2.45, 2.75) is 26.0 Å². The molecule has 1 unspecified atom stereocenters. The third-order valence-corrected chi connectivity index (χ3v) is 6.75. The van der Waals surface area contributed by atoms with Gasteiger partial charge in [0.2, 0.25) is 0 Å². The number of nitrogens with zero attached hydrogens (tertiary/aromatic N) is 3. The Kier molecular flexibility index (Phi) is 6.49. The van der Waals surface area contributed by atoms with Crippen molar-refractivity contribution in [2.75, 3.05) is 23.3 Å². The Morgan fingerprint density at radius 2 is 2.00 bits per heavy atom. The van der Waals surface area contributed by atoms with E-state index in [1.807, 2.05) is 30.3 Å². The quantitative estimate of drug-likeness (QED) is 0.281. The summed E-state index contributed by atoms with van der Waals surface area (Å²) >= 11 is 6.19. The standard InChI is InChI=1S/C27H26ClN5O3/c1-15(35)22-12-30-24-4-2-16(17-8-18(14-34)27(36)23(28)10-17)9-21(24)26(22)32-20-3-5-25(31-11-20)33-7-6-19(29)13-33/h2-5,8-12,19,34,36H,6-7,13-14,29H2,1H3,(H,30,32). The number of nitrogens with one attached hydrogen (secondary N) is 1. The van der Waals surface area contributed by atoms with Crippen molar-refractivity contribution < 1.29 is 15.0 Å². The zero-order valence-electron chi connectivity index (χ0n) is 19.7. The Morgan fingerprint density at radius 3 is 2.67 bits per heavy atom. The van der Waals surface area contributed by atoms with E-state index in [0.717, 1.165) is 47.5 Å². The summed E-state index contributed by atoms with van der Waals surface area (Å²) in [5.74, 6) is 0.604. The Morgan fingerprint density at radius 1 is 1.17 bits per heavy atom. The van der Waals surface area contributed by atoms with E-state index in [0.29, 0.717) is 22.3 Å². The van der Waals surface area contributed by atoms with E-state index in [1.165, 1.54) is 6.92 Å². The molecule has 1 aliphatic heterocycles.